The second kappa shape index (κ2) is 6.16. The van der Waals surface area contributed by atoms with Gasteiger partial charge >= 0.3 is 0 Å². The molecule has 1 aromatic heterocycles. The SMILES string of the molecule is CCN(CC1CCOC1)C(=O)c1ccncc1Cl. The normalized spacial score (nSPS) is 18.9. The van der Waals surface area contributed by atoms with Crippen molar-refractivity contribution in [3.63, 3.8) is 0 Å². The molecule has 1 aromatic rings. The third-order valence-corrected chi connectivity index (χ3v) is 3.48. The number of carbonyl (C=O) groups excluding carboxylic acids is 1. The van der Waals surface area contributed by atoms with Gasteiger partial charge < -0.3 is 9.64 Å². The Morgan fingerprint density at radius 1 is 1.67 bits per heavy atom. The van der Waals surface area contributed by atoms with Crippen LogP contribution in [0.5, 0.6) is 0 Å². The number of ether oxygens (including phenoxy) is 1. The monoisotopic (exact) mass is 268 g/mol. The predicted octanol–water partition coefficient (Wildman–Crippen LogP) is 2.23. The van der Waals surface area contributed by atoms with E-state index in [0.717, 1.165) is 26.2 Å². The molecule has 0 spiro atoms. The highest BCUT2D eigenvalue weighted by Crippen LogP contribution is 2.19. The molecule has 1 saturated heterocycles. The van der Waals surface area contributed by atoms with E-state index in [9.17, 15) is 4.79 Å². The van der Waals surface area contributed by atoms with Crippen molar-refractivity contribution >= 4 is 17.5 Å². The first-order valence-corrected chi connectivity index (χ1v) is 6.56. The maximum Gasteiger partial charge on any atom is 0.255 e. The van der Waals surface area contributed by atoms with Crippen LogP contribution in [0, 0.1) is 5.92 Å². The summed E-state index contributed by atoms with van der Waals surface area (Å²) in [7, 11) is 0. The van der Waals surface area contributed by atoms with Gasteiger partial charge in [-0.05, 0) is 19.4 Å². The molecule has 0 bridgehead atoms. The summed E-state index contributed by atoms with van der Waals surface area (Å²) in [6, 6.07) is 1.67. The molecule has 4 nitrogen and oxygen atoms in total. The van der Waals surface area contributed by atoms with Gasteiger partial charge in [0.25, 0.3) is 5.91 Å². The van der Waals surface area contributed by atoms with Crippen molar-refractivity contribution in [3.05, 3.63) is 29.0 Å². The van der Waals surface area contributed by atoms with Gasteiger partial charge in [0.2, 0.25) is 0 Å². The quantitative estimate of drug-likeness (QED) is 0.841. The molecule has 0 aliphatic carbocycles. The minimum absolute atomic E-state index is 0.0307. The molecule has 1 amide bonds. The zero-order valence-electron chi connectivity index (χ0n) is 10.4. The summed E-state index contributed by atoms with van der Waals surface area (Å²) < 4.78 is 5.34. The Morgan fingerprint density at radius 3 is 3.11 bits per heavy atom. The molecule has 5 heteroatoms. The van der Waals surface area contributed by atoms with Crippen LogP contribution >= 0.6 is 11.6 Å². The van der Waals surface area contributed by atoms with Crippen molar-refractivity contribution in [2.75, 3.05) is 26.3 Å². The molecule has 98 valence electrons. The van der Waals surface area contributed by atoms with E-state index in [-0.39, 0.29) is 5.91 Å². The Labute approximate surface area is 112 Å². The lowest BCUT2D eigenvalue weighted by Crippen LogP contribution is -2.35. The van der Waals surface area contributed by atoms with Gasteiger partial charge in [0.1, 0.15) is 0 Å². The van der Waals surface area contributed by atoms with Crippen LogP contribution in [0.15, 0.2) is 18.5 Å². The molecule has 0 radical (unpaired) electrons. The molecule has 0 N–H and O–H groups in total. The van der Waals surface area contributed by atoms with Gasteiger partial charge in [0, 0.05) is 38.0 Å². The summed E-state index contributed by atoms with van der Waals surface area (Å²) >= 11 is 6.00. The fourth-order valence-electron chi connectivity index (χ4n) is 2.11. The van der Waals surface area contributed by atoms with Crippen molar-refractivity contribution in [1.82, 2.24) is 9.88 Å². The van der Waals surface area contributed by atoms with Crippen LogP contribution in [0.2, 0.25) is 5.02 Å². The molecule has 1 aliphatic heterocycles. The summed E-state index contributed by atoms with van der Waals surface area (Å²) in [4.78, 5) is 18.1. The van der Waals surface area contributed by atoms with E-state index in [1.165, 1.54) is 6.20 Å². The van der Waals surface area contributed by atoms with Gasteiger partial charge in [-0.25, -0.2) is 0 Å². The second-order valence-electron chi connectivity index (χ2n) is 4.43. The molecule has 2 heterocycles. The van der Waals surface area contributed by atoms with E-state index in [4.69, 9.17) is 16.3 Å². The largest absolute Gasteiger partial charge is 0.381 e. The van der Waals surface area contributed by atoms with Crippen LogP contribution < -0.4 is 0 Å². The topological polar surface area (TPSA) is 42.4 Å². The van der Waals surface area contributed by atoms with E-state index < -0.39 is 0 Å². The Morgan fingerprint density at radius 2 is 2.50 bits per heavy atom. The Hall–Kier alpha value is -1.13. The number of pyridine rings is 1. The Balaban J connectivity index is 2.07. The molecular weight excluding hydrogens is 252 g/mol. The average Bonchev–Trinajstić information content (AvgIpc) is 2.88. The van der Waals surface area contributed by atoms with E-state index in [0.29, 0.717) is 23.0 Å². The zero-order valence-corrected chi connectivity index (χ0v) is 11.2. The third-order valence-electron chi connectivity index (χ3n) is 3.17. The van der Waals surface area contributed by atoms with Crippen LogP contribution in [-0.4, -0.2) is 42.1 Å². The van der Waals surface area contributed by atoms with Crippen molar-refractivity contribution in [2.24, 2.45) is 5.92 Å². The second-order valence-corrected chi connectivity index (χ2v) is 4.84. The van der Waals surface area contributed by atoms with Crippen molar-refractivity contribution < 1.29 is 9.53 Å². The summed E-state index contributed by atoms with van der Waals surface area (Å²) in [6.07, 6.45) is 4.11. The van der Waals surface area contributed by atoms with Gasteiger partial charge in [-0.2, -0.15) is 0 Å². The molecular formula is C13H17ClN2O2. The van der Waals surface area contributed by atoms with Gasteiger partial charge in [-0.15, -0.1) is 0 Å². The van der Waals surface area contributed by atoms with Crippen molar-refractivity contribution in [1.29, 1.82) is 0 Å². The third kappa shape index (κ3) is 3.00. The highest BCUT2D eigenvalue weighted by atomic mass is 35.5. The molecule has 1 fully saturated rings. The average molecular weight is 269 g/mol. The number of nitrogens with zero attached hydrogens (tertiary/aromatic N) is 2. The number of carbonyl (C=O) groups is 1. The smallest absolute Gasteiger partial charge is 0.255 e. The summed E-state index contributed by atoms with van der Waals surface area (Å²) in [5, 5.41) is 0.406. The fourth-order valence-corrected chi connectivity index (χ4v) is 2.31. The number of rotatable bonds is 4. The van der Waals surface area contributed by atoms with Crippen molar-refractivity contribution in [2.45, 2.75) is 13.3 Å². The summed E-state index contributed by atoms with van der Waals surface area (Å²) in [6.45, 7) is 4.92. The molecule has 18 heavy (non-hydrogen) atoms. The lowest BCUT2D eigenvalue weighted by molar-refractivity contribution is 0.0731. The maximum absolute atomic E-state index is 12.4. The van der Waals surface area contributed by atoms with Crippen LogP contribution in [-0.2, 0) is 4.74 Å². The molecule has 2 rings (SSSR count). The maximum atomic E-state index is 12.4. The minimum Gasteiger partial charge on any atom is -0.381 e. The first-order chi connectivity index (χ1) is 8.72. The van der Waals surface area contributed by atoms with E-state index in [2.05, 4.69) is 4.98 Å². The molecule has 1 unspecified atom stereocenters. The van der Waals surface area contributed by atoms with Gasteiger partial charge in [-0.3, -0.25) is 9.78 Å². The van der Waals surface area contributed by atoms with E-state index in [1.807, 2.05) is 11.8 Å². The highest BCUT2D eigenvalue weighted by Gasteiger charge is 2.23. The number of amides is 1. The number of hydrogen-bond donors (Lipinski definition) is 0. The van der Waals surface area contributed by atoms with Crippen LogP contribution in [0.3, 0.4) is 0 Å². The van der Waals surface area contributed by atoms with Gasteiger partial charge in [0.15, 0.2) is 0 Å². The lowest BCUT2D eigenvalue weighted by atomic mass is 10.1. The molecule has 1 atom stereocenters. The molecule has 1 aliphatic rings. The number of hydrogen-bond acceptors (Lipinski definition) is 3. The van der Waals surface area contributed by atoms with Crippen LogP contribution in [0.25, 0.3) is 0 Å². The van der Waals surface area contributed by atoms with Crippen LogP contribution in [0.1, 0.15) is 23.7 Å². The van der Waals surface area contributed by atoms with Gasteiger partial charge in [-0.1, -0.05) is 11.6 Å². The first kappa shape index (κ1) is 13.3. The van der Waals surface area contributed by atoms with Crippen LogP contribution in [0.4, 0.5) is 0 Å². The summed E-state index contributed by atoms with van der Waals surface area (Å²) in [5.41, 5.74) is 0.521. The Kier molecular flexibility index (Phi) is 4.55. The standard InChI is InChI=1S/C13H17ClN2O2/c1-2-16(8-10-4-6-18-9-10)13(17)11-3-5-15-7-12(11)14/h3,5,7,10H,2,4,6,8-9H2,1H3. The van der Waals surface area contributed by atoms with E-state index in [1.54, 1.807) is 12.3 Å². The highest BCUT2D eigenvalue weighted by molar-refractivity contribution is 6.33. The van der Waals surface area contributed by atoms with Gasteiger partial charge in [0.05, 0.1) is 17.2 Å². The van der Waals surface area contributed by atoms with E-state index >= 15 is 0 Å². The summed E-state index contributed by atoms with van der Waals surface area (Å²) in [5.74, 6) is 0.409. The lowest BCUT2D eigenvalue weighted by Gasteiger charge is -2.24. The first-order valence-electron chi connectivity index (χ1n) is 6.19. The zero-order chi connectivity index (χ0) is 13.0. The molecule has 0 saturated carbocycles. The molecule has 0 aromatic carbocycles. The Bertz CT molecular complexity index is 419. The predicted molar refractivity (Wildman–Crippen MR) is 69.8 cm³/mol. The van der Waals surface area contributed by atoms with Crippen molar-refractivity contribution in [3.8, 4) is 0 Å². The number of aromatic nitrogens is 1. The number of halogens is 1. The minimum atomic E-state index is -0.0307. The fraction of sp³-hybridized carbons (Fsp3) is 0.538.